The molecule has 2 unspecified atom stereocenters. The highest BCUT2D eigenvalue weighted by atomic mass is 16.5. The first-order valence-electron chi connectivity index (χ1n) is 7.56. The molecule has 0 aromatic heterocycles. The Bertz CT molecular complexity index is 431. The minimum absolute atomic E-state index is 0.392. The van der Waals surface area contributed by atoms with Crippen molar-refractivity contribution in [3.8, 4) is 0 Å². The van der Waals surface area contributed by atoms with Gasteiger partial charge < -0.3 is 14.7 Å². The molecule has 0 amide bonds. The molecule has 1 aliphatic rings. The molecule has 1 aromatic carbocycles. The Hall–Kier alpha value is -0.900. The molecule has 112 valence electrons. The molecular weight excluding hydrogens is 250 g/mol. The third kappa shape index (κ3) is 4.05. The van der Waals surface area contributed by atoms with E-state index in [1.807, 2.05) is 0 Å². The van der Waals surface area contributed by atoms with Crippen LogP contribution in [-0.4, -0.2) is 43.4 Å². The van der Waals surface area contributed by atoms with Gasteiger partial charge in [-0.15, -0.1) is 0 Å². The Balaban J connectivity index is 1.96. The molecule has 0 saturated carbocycles. The summed E-state index contributed by atoms with van der Waals surface area (Å²) in [6.45, 7) is 7.82. The maximum Gasteiger partial charge on any atom is 0.0919 e. The molecule has 1 aromatic rings. The van der Waals surface area contributed by atoms with Gasteiger partial charge in [0.2, 0.25) is 0 Å². The van der Waals surface area contributed by atoms with Crippen molar-refractivity contribution in [2.24, 2.45) is 5.92 Å². The fraction of sp³-hybridized carbons (Fsp3) is 0.647. The number of rotatable bonds is 5. The molecule has 20 heavy (non-hydrogen) atoms. The predicted molar refractivity (Wildman–Crippen MR) is 81.9 cm³/mol. The van der Waals surface area contributed by atoms with E-state index < -0.39 is 6.10 Å². The highest BCUT2D eigenvalue weighted by Gasteiger charge is 2.22. The maximum atomic E-state index is 10.5. The molecule has 0 aliphatic carbocycles. The summed E-state index contributed by atoms with van der Waals surface area (Å²) in [7, 11) is 1.77. The topological polar surface area (TPSA) is 32.7 Å². The minimum atomic E-state index is -0.392. The van der Waals surface area contributed by atoms with Crippen molar-refractivity contribution in [3.05, 3.63) is 34.9 Å². The van der Waals surface area contributed by atoms with Crippen LogP contribution in [0.3, 0.4) is 0 Å². The highest BCUT2D eigenvalue weighted by molar-refractivity contribution is 5.32. The number of nitrogens with zero attached hydrogens (tertiary/aromatic N) is 1. The summed E-state index contributed by atoms with van der Waals surface area (Å²) in [4.78, 5) is 2.37. The summed E-state index contributed by atoms with van der Waals surface area (Å²) in [5.41, 5.74) is 3.45. The third-order valence-electron chi connectivity index (χ3n) is 4.23. The summed E-state index contributed by atoms with van der Waals surface area (Å²) in [6, 6.07) is 6.30. The molecule has 1 fully saturated rings. The number of likely N-dealkylation sites (tertiary alicyclic amines) is 1. The van der Waals surface area contributed by atoms with E-state index in [1.54, 1.807) is 7.11 Å². The SMILES string of the molecule is COCC1CCCN(CC(O)c2cc(C)ccc2C)C1. The van der Waals surface area contributed by atoms with Gasteiger partial charge in [0.25, 0.3) is 0 Å². The first kappa shape index (κ1) is 15.5. The Labute approximate surface area is 122 Å². The zero-order chi connectivity index (χ0) is 14.5. The molecule has 1 aliphatic heterocycles. The number of aryl methyl sites for hydroxylation is 2. The summed E-state index contributed by atoms with van der Waals surface area (Å²) < 4.78 is 5.26. The monoisotopic (exact) mass is 277 g/mol. The Morgan fingerprint density at radius 3 is 2.95 bits per heavy atom. The van der Waals surface area contributed by atoms with E-state index in [-0.39, 0.29) is 0 Å². The number of hydrogen-bond donors (Lipinski definition) is 1. The lowest BCUT2D eigenvalue weighted by Gasteiger charge is -2.34. The van der Waals surface area contributed by atoms with Gasteiger partial charge in [-0.25, -0.2) is 0 Å². The smallest absolute Gasteiger partial charge is 0.0919 e. The van der Waals surface area contributed by atoms with Gasteiger partial charge in [-0.3, -0.25) is 0 Å². The van der Waals surface area contributed by atoms with Gasteiger partial charge in [-0.05, 0) is 50.3 Å². The molecular formula is C17H27NO2. The van der Waals surface area contributed by atoms with Gasteiger partial charge in [0.1, 0.15) is 0 Å². The van der Waals surface area contributed by atoms with Crippen molar-refractivity contribution in [2.75, 3.05) is 33.4 Å². The molecule has 0 bridgehead atoms. The second-order valence-electron chi connectivity index (χ2n) is 6.10. The molecule has 0 radical (unpaired) electrons. The number of aliphatic hydroxyl groups excluding tert-OH is 1. The normalized spacial score (nSPS) is 21.9. The van der Waals surface area contributed by atoms with Crippen LogP contribution in [0.1, 0.15) is 35.6 Å². The van der Waals surface area contributed by atoms with Crippen molar-refractivity contribution >= 4 is 0 Å². The van der Waals surface area contributed by atoms with E-state index in [9.17, 15) is 5.11 Å². The molecule has 3 heteroatoms. The van der Waals surface area contributed by atoms with Gasteiger partial charge >= 0.3 is 0 Å². The van der Waals surface area contributed by atoms with Gasteiger partial charge in [-0.1, -0.05) is 23.8 Å². The van der Waals surface area contributed by atoms with Crippen molar-refractivity contribution in [1.82, 2.24) is 4.90 Å². The van der Waals surface area contributed by atoms with Gasteiger partial charge in [0.15, 0.2) is 0 Å². The minimum Gasteiger partial charge on any atom is -0.387 e. The molecule has 0 spiro atoms. The van der Waals surface area contributed by atoms with Crippen molar-refractivity contribution < 1.29 is 9.84 Å². The molecule has 1 N–H and O–H groups in total. The number of benzene rings is 1. The lowest BCUT2D eigenvalue weighted by Crippen LogP contribution is -2.39. The van der Waals surface area contributed by atoms with Crippen LogP contribution in [-0.2, 0) is 4.74 Å². The van der Waals surface area contributed by atoms with E-state index in [1.165, 1.54) is 24.0 Å². The van der Waals surface area contributed by atoms with E-state index in [0.29, 0.717) is 5.92 Å². The summed E-state index contributed by atoms with van der Waals surface area (Å²) in [5.74, 6) is 0.611. The van der Waals surface area contributed by atoms with Crippen molar-refractivity contribution in [3.63, 3.8) is 0 Å². The number of ether oxygens (including phenoxy) is 1. The molecule has 3 nitrogen and oxygen atoms in total. The van der Waals surface area contributed by atoms with Crippen LogP contribution in [0.25, 0.3) is 0 Å². The zero-order valence-electron chi connectivity index (χ0n) is 12.9. The van der Waals surface area contributed by atoms with E-state index in [0.717, 1.165) is 31.8 Å². The number of β-amino-alcohol motifs (C(OH)–C–C–N with tert-alkyl or cyclic N) is 1. The Morgan fingerprint density at radius 2 is 2.20 bits per heavy atom. The maximum absolute atomic E-state index is 10.5. The largest absolute Gasteiger partial charge is 0.387 e. The number of aliphatic hydroxyl groups is 1. The average molecular weight is 277 g/mol. The second-order valence-corrected chi connectivity index (χ2v) is 6.10. The summed E-state index contributed by atoms with van der Waals surface area (Å²) >= 11 is 0. The predicted octanol–water partition coefficient (Wildman–Crippen LogP) is 2.70. The fourth-order valence-electron chi connectivity index (χ4n) is 3.15. The van der Waals surface area contributed by atoms with Crippen LogP contribution >= 0.6 is 0 Å². The van der Waals surface area contributed by atoms with Crippen LogP contribution < -0.4 is 0 Å². The lowest BCUT2D eigenvalue weighted by atomic mass is 9.96. The van der Waals surface area contributed by atoms with E-state index in [2.05, 4.69) is 36.9 Å². The van der Waals surface area contributed by atoms with Crippen molar-refractivity contribution in [2.45, 2.75) is 32.8 Å². The molecule has 1 saturated heterocycles. The molecule has 1 heterocycles. The van der Waals surface area contributed by atoms with Gasteiger partial charge in [0, 0.05) is 20.2 Å². The first-order valence-corrected chi connectivity index (χ1v) is 7.56. The van der Waals surface area contributed by atoms with E-state index in [4.69, 9.17) is 4.74 Å². The zero-order valence-corrected chi connectivity index (χ0v) is 12.9. The average Bonchev–Trinajstić information content (AvgIpc) is 2.42. The second kappa shape index (κ2) is 7.21. The standard InChI is InChI=1S/C17H27NO2/c1-13-6-7-14(2)16(9-13)17(19)11-18-8-4-5-15(10-18)12-20-3/h6-7,9,15,17,19H,4-5,8,10-12H2,1-3H3. The Morgan fingerprint density at radius 1 is 1.40 bits per heavy atom. The van der Waals surface area contributed by atoms with Crippen LogP contribution in [0, 0.1) is 19.8 Å². The fourth-order valence-corrected chi connectivity index (χ4v) is 3.15. The summed E-state index contributed by atoms with van der Waals surface area (Å²) in [6.07, 6.45) is 2.05. The van der Waals surface area contributed by atoms with Gasteiger partial charge in [0.05, 0.1) is 12.7 Å². The summed E-state index contributed by atoms with van der Waals surface area (Å²) in [5, 5.41) is 10.5. The highest BCUT2D eigenvalue weighted by Crippen LogP contribution is 2.23. The molecule has 2 rings (SSSR count). The molecule has 2 atom stereocenters. The Kier molecular flexibility index (Phi) is 5.58. The number of hydrogen-bond acceptors (Lipinski definition) is 3. The van der Waals surface area contributed by atoms with E-state index >= 15 is 0 Å². The van der Waals surface area contributed by atoms with Crippen molar-refractivity contribution in [1.29, 1.82) is 0 Å². The quantitative estimate of drug-likeness (QED) is 0.898. The van der Waals surface area contributed by atoms with Crippen LogP contribution in [0.4, 0.5) is 0 Å². The van der Waals surface area contributed by atoms with Crippen LogP contribution in [0.2, 0.25) is 0 Å². The van der Waals surface area contributed by atoms with Crippen LogP contribution in [0.5, 0.6) is 0 Å². The number of piperidine rings is 1. The van der Waals surface area contributed by atoms with Gasteiger partial charge in [-0.2, -0.15) is 0 Å². The lowest BCUT2D eigenvalue weighted by molar-refractivity contribution is 0.0561. The number of methoxy groups -OCH3 is 1. The van der Waals surface area contributed by atoms with Crippen LogP contribution in [0.15, 0.2) is 18.2 Å². The third-order valence-corrected chi connectivity index (χ3v) is 4.23. The first-order chi connectivity index (χ1) is 9.60.